The smallest absolute Gasteiger partial charge is 0.254 e. The van der Waals surface area contributed by atoms with E-state index in [-0.39, 0.29) is 12.5 Å². The van der Waals surface area contributed by atoms with E-state index in [4.69, 9.17) is 5.73 Å². The lowest BCUT2D eigenvalue weighted by Crippen LogP contribution is -2.42. The van der Waals surface area contributed by atoms with Crippen molar-refractivity contribution in [3.8, 4) is 11.8 Å². The number of hydrogen-bond acceptors (Lipinski definition) is 3. The highest BCUT2D eigenvalue weighted by Gasteiger charge is 2.23. The van der Waals surface area contributed by atoms with E-state index in [0.717, 1.165) is 11.1 Å². The second-order valence-corrected chi connectivity index (χ2v) is 5.62. The second-order valence-electron chi connectivity index (χ2n) is 5.62. The van der Waals surface area contributed by atoms with Gasteiger partial charge >= 0.3 is 0 Å². The summed E-state index contributed by atoms with van der Waals surface area (Å²) in [6, 6.07) is 5.48. The Balaban J connectivity index is 3.12. The van der Waals surface area contributed by atoms with E-state index in [1.807, 2.05) is 26.0 Å². The van der Waals surface area contributed by atoms with Crippen molar-refractivity contribution in [2.45, 2.75) is 33.3 Å². The third-order valence-electron chi connectivity index (χ3n) is 3.14. The molecule has 0 aliphatic carbocycles. The van der Waals surface area contributed by atoms with Crippen LogP contribution in [0.25, 0.3) is 0 Å². The number of likely N-dealkylation sites (N-methyl/N-ethyl adjacent to an activating group) is 1. The van der Waals surface area contributed by atoms with Gasteiger partial charge in [0.25, 0.3) is 5.91 Å². The number of aliphatic hydroxyl groups is 1. The van der Waals surface area contributed by atoms with Crippen LogP contribution in [-0.2, 0) is 0 Å². The molecule has 0 spiro atoms. The van der Waals surface area contributed by atoms with Crippen LogP contribution >= 0.6 is 0 Å². The minimum Gasteiger partial charge on any atom is -0.389 e. The summed E-state index contributed by atoms with van der Waals surface area (Å²) in [6.45, 7) is 8.29. The Hall–Kier alpha value is -1.83. The van der Waals surface area contributed by atoms with E-state index in [1.165, 1.54) is 0 Å². The molecule has 0 fully saturated rings. The molecule has 1 aromatic rings. The third kappa shape index (κ3) is 4.89. The number of nitrogens with zero attached hydrogens (tertiary/aromatic N) is 1. The molecule has 1 rings (SSSR count). The summed E-state index contributed by atoms with van der Waals surface area (Å²) in [7, 11) is 0. The van der Waals surface area contributed by atoms with Crippen LogP contribution in [0.1, 0.15) is 42.3 Å². The largest absolute Gasteiger partial charge is 0.389 e. The molecular weight excluding hydrogens is 264 g/mol. The van der Waals surface area contributed by atoms with Crippen molar-refractivity contribution in [2.75, 3.05) is 19.6 Å². The molecule has 0 radical (unpaired) electrons. The Labute approximate surface area is 127 Å². The summed E-state index contributed by atoms with van der Waals surface area (Å²) in [6.07, 6.45) is 0. The first kappa shape index (κ1) is 17.2. The normalized spacial score (nSPS) is 10.8. The fraction of sp³-hybridized carbons (Fsp3) is 0.471. The number of amides is 1. The topological polar surface area (TPSA) is 66.6 Å². The molecule has 0 aliphatic heterocycles. The molecule has 114 valence electrons. The van der Waals surface area contributed by atoms with Crippen LogP contribution < -0.4 is 5.73 Å². The van der Waals surface area contributed by atoms with E-state index in [0.29, 0.717) is 18.7 Å². The van der Waals surface area contributed by atoms with Crippen LogP contribution in [0.3, 0.4) is 0 Å². The van der Waals surface area contributed by atoms with Crippen LogP contribution in [-0.4, -0.2) is 41.1 Å². The summed E-state index contributed by atoms with van der Waals surface area (Å²) in [5, 5.41) is 9.92. The zero-order valence-electron chi connectivity index (χ0n) is 13.2. The Morgan fingerprint density at radius 2 is 2.10 bits per heavy atom. The lowest BCUT2D eigenvalue weighted by Gasteiger charge is -2.28. The quantitative estimate of drug-likeness (QED) is 0.826. The molecule has 1 amide bonds. The van der Waals surface area contributed by atoms with Crippen molar-refractivity contribution in [1.29, 1.82) is 0 Å². The van der Waals surface area contributed by atoms with E-state index in [1.54, 1.807) is 24.8 Å². The molecule has 0 aromatic heterocycles. The van der Waals surface area contributed by atoms with E-state index >= 15 is 0 Å². The summed E-state index contributed by atoms with van der Waals surface area (Å²) < 4.78 is 0. The molecule has 4 heteroatoms. The Kier molecular flexibility index (Phi) is 5.95. The van der Waals surface area contributed by atoms with Crippen molar-refractivity contribution in [3.63, 3.8) is 0 Å². The molecule has 0 heterocycles. The number of nitrogens with two attached hydrogens (primary N) is 1. The SMILES string of the molecule is CCN(CC(C)(C)O)C(=O)c1cccc(C#CCN)c1C. The lowest BCUT2D eigenvalue weighted by atomic mass is 10.0. The Morgan fingerprint density at radius 1 is 1.43 bits per heavy atom. The van der Waals surface area contributed by atoms with Crippen molar-refractivity contribution in [3.05, 3.63) is 34.9 Å². The zero-order chi connectivity index (χ0) is 16.0. The van der Waals surface area contributed by atoms with E-state index in [9.17, 15) is 9.90 Å². The first-order valence-corrected chi connectivity index (χ1v) is 7.10. The van der Waals surface area contributed by atoms with Gasteiger partial charge in [-0.15, -0.1) is 0 Å². The predicted octanol–water partition coefficient (Wildman–Crippen LogP) is 1.54. The van der Waals surface area contributed by atoms with Gasteiger partial charge in [-0.05, 0) is 45.4 Å². The van der Waals surface area contributed by atoms with Crippen molar-refractivity contribution >= 4 is 5.91 Å². The van der Waals surface area contributed by atoms with Crippen molar-refractivity contribution < 1.29 is 9.90 Å². The Bertz CT molecular complexity index is 562. The summed E-state index contributed by atoms with van der Waals surface area (Å²) in [5.41, 5.74) is 6.74. The minimum atomic E-state index is -0.920. The zero-order valence-corrected chi connectivity index (χ0v) is 13.2. The van der Waals surface area contributed by atoms with Crippen LogP contribution in [0.4, 0.5) is 0 Å². The summed E-state index contributed by atoms with van der Waals surface area (Å²) in [5.74, 6) is 5.69. The molecule has 4 nitrogen and oxygen atoms in total. The molecule has 0 atom stereocenters. The van der Waals surface area contributed by atoms with Gasteiger partial charge < -0.3 is 15.7 Å². The molecular formula is C17H24N2O2. The number of carbonyl (C=O) groups excluding carboxylic acids is 1. The van der Waals surface area contributed by atoms with Gasteiger partial charge in [-0.1, -0.05) is 17.9 Å². The first-order valence-electron chi connectivity index (χ1n) is 7.10. The number of carbonyl (C=O) groups is 1. The van der Waals surface area contributed by atoms with Gasteiger partial charge in [0.1, 0.15) is 0 Å². The molecule has 3 N–H and O–H groups in total. The second kappa shape index (κ2) is 7.26. The molecule has 21 heavy (non-hydrogen) atoms. The Morgan fingerprint density at radius 3 is 2.62 bits per heavy atom. The monoisotopic (exact) mass is 288 g/mol. The predicted molar refractivity (Wildman–Crippen MR) is 85.0 cm³/mol. The standard InChI is InChI=1S/C17H24N2O2/c1-5-19(12-17(3,4)21)16(20)15-10-6-8-14(13(15)2)9-7-11-18/h6,8,10,21H,5,11-12,18H2,1-4H3. The number of rotatable bonds is 4. The van der Waals surface area contributed by atoms with Gasteiger partial charge in [-0.3, -0.25) is 4.79 Å². The van der Waals surface area contributed by atoms with E-state index < -0.39 is 5.60 Å². The van der Waals surface area contributed by atoms with Crippen molar-refractivity contribution in [1.82, 2.24) is 4.90 Å². The van der Waals surface area contributed by atoms with E-state index in [2.05, 4.69) is 11.8 Å². The molecule has 0 saturated heterocycles. The van der Waals surface area contributed by atoms with Gasteiger partial charge in [0.05, 0.1) is 12.1 Å². The van der Waals surface area contributed by atoms with Gasteiger partial charge in [-0.25, -0.2) is 0 Å². The maximum atomic E-state index is 12.6. The van der Waals surface area contributed by atoms with Gasteiger partial charge in [0.2, 0.25) is 0 Å². The number of benzene rings is 1. The average molecular weight is 288 g/mol. The van der Waals surface area contributed by atoms with Gasteiger partial charge in [-0.2, -0.15) is 0 Å². The average Bonchev–Trinajstić information content (AvgIpc) is 2.42. The van der Waals surface area contributed by atoms with Crippen LogP contribution in [0, 0.1) is 18.8 Å². The molecule has 0 saturated carbocycles. The van der Waals surface area contributed by atoms with Gasteiger partial charge in [0.15, 0.2) is 0 Å². The fourth-order valence-electron chi connectivity index (χ4n) is 2.11. The highest BCUT2D eigenvalue weighted by Crippen LogP contribution is 2.17. The maximum Gasteiger partial charge on any atom is 0.254 e. The van der Waals surface area contributed by atoms with Crippen LogP contribution in [0.2, 0.25) is 0 Å². The highest BCUT2D eigenvalue weighted by molar-refractivity contribution is 5.96. The van der Waals surface area contributed by atoms with Crippen molar-refractivity contribution in [2.24, 2.45) is 5.73 Å². The molecule has 0 bridgehead atoms. The van der Waals surface area contributed by atoms with Crippen LogP contribution in [0.15, 0.2) is 18.2 Å². The lowest BCUT2D eigenvalue weighted by molar-refractivity contribution is 0.0314. The summed E-state index contributed by atoms with van der Waals surface area (Å²) in [4.78, 5) is 14.3. The number of hydrogen-bond donors (Lipinski definition) is 2. The third-order valence-corrected chi connectivity index (χ3v) is 3.14. The fourth-order valence-corrected chi connectivity index (χ4v) is 2.11. The molecule has 0 aliphatic rings. The minimum absolute atomic E-state index is 0.0893. The highest BCUT2D eigenvalue weighted by atomic mass is 16.3. The maximum absolute atomic E-state index is 12.6. The molecule has 0 unspecified atom stereocenters. The van der Waals surface area contributed by atoms with Crippen LogP contribution in [0.5, 0.6) is 0 Å². The first-order chi connectivity index (χ1) is 9.80. The van der Waals surface area contributed by atoms with Gasteiger partial charge in [0, 0.05) is 24.2 Å². The molecule has 1 aromatic carbocycles. The summed E-state index contributed by atoms with van der Waals surface area (Å²) >= 11 is 0.